The molecule has 0 radical (unpaired) electrons. The minimum absolute atomic E-state index is 0.0120. The number of amides is 1. The molecule has 0 saturated heterocycles. The van der Waals surface area contributed by atoms with Gasteiger partial charge >= 0.3 is 5.97 Å². The Balaban J connectivity index is 1.20. The number of nitrogens with zero attached hydrogens (tertiary/aromatic N) is 3. The predicted molar refractivity (Wildman–Crippen MR) is 150 cm³/mol. The highest BCUT2D eigenvalue weighted by atomic mass is 16.5. The van der Waals surface area contributed by atoms with Crippen LogP contribution in [-0.2, 0) is 9.53 Å². The smallest absolute Gasteiger partial charge is 0.338 e. The third-order valence-electron chi connectivity index (χ3n) is 6.24. The maximum Gasteiger partial charge on any atom is 0.338 e. The van der Waals surface area contributed by atoms with Gasteiger partial charge in [0.15, 0.2) is 11.5 Å². The number of ether oxygens (including phenoxy) is 1. The predicted octanol–water partition coefficient (Wildman–Crippen LogP) is 7.06. The fraction of sp³-hybridized carbons (Fsp3) is 0.0625. The molecule has 0 saturated carbocycles. The first-order valence-corrected chi connectivity index (χ1v) is 12.7. The van der Waals surface area contributed by atoms with Gasteiger partial charge in [0.1, 0.15) is 18.0 Å². The van der Waals surface area contributed by atoms with Crippen molar-refractivity contribution in [3.05, 3.63) is 121 Å². The molecule has 0 bridgehead atoms. The molecule has 6 rings (SSSR count). The van der Waals surface area contributed by atoms with Crippen molar-refractivity contribution in [3.8, 4) is 22.9 Å². The summed E-state index contributed by atoms with van der Waals surface area (Å²) in [6.45, 7) is -0.0768. The van der Waals surface area contributed by atoms with Gasteiger partial charge in [-0.3, -0.25) is 9.69 Å². The molecule has 1 amide bonds. The van der Waals surface area contributed by atoms with Gasteiger partial charge in [0.2, 0.25) is 5.91 Å². The Bertz CT molecular complexity index is 1710. The molecule has 40 heavy (non-hydrogen) atoms. The second kappa shape index (κ2) is 11.1. The summed E-state index contributed by atoms with van der Waals surface area (Å²) < 4.78 is 16.6. The zero-order chi connectivity index (χ0) is 27.3. The first-order chi connectivity index (χ1) is 19.7. The number of carbonyl (C=O) groups excluding carboxylic acids is 2. The van der Waals surface area contributed by atoms with Gasteiger partial charge in [0, 0.05) is 11.4 Å². The molecule has 0 aliphatic carbocycles. The number of carbonyl (C=O) groups is 2. The van der Waals surface area contributed by atoms with Crippen LogP contribution in [0.15, 0.2) is 124 Å². The van der Waals surface area contributed by atoms with Crippen molar-refractivity contribution in [2.24, 2.45) is 0 Å². The summed E-state index contributed by atoms with van der Waals surface area (Å²) in [4.78, 5) is 37.2. The molecule has 3 heterocycles. The van der Waals surface area contributed by atoms with Gasteiger partial charge in [-0.05, 0) is 66.7 Å². The zero-order valence-electron chi connectivity index (χ0n) is 21.3. The number of anilines is 2. The standard InChI is InChI=1S/C32H23N3O5/c36-29(35(23-9-3-1-4-10-23)24-11-5-2-6-12-24)17-20-40-32(37)22-15-16-25-26(21-22)34-31(28-14-8-19-39-28)30(33-25)27-13-7-18-38-27/h1-16,18-19,21H,17,20H2. The third kappa shape index (κ3) is 5.10. The highest BCUT2D eigenvalue weighted by molar-refractivity contribution is 6.01. The SMILES string of the molecule is O=C(OCCC(=O)N(c1ccccc1)c1ccccc1)c1ccc2nc(-c3ccco3)c(-c3ccco3)nc2c1. The van der Waals surface area contributed by atoms with Crippen LogP contribution in [0.4, 0.5) is 11.4 Å². The van der Waals surface area contributed by atoms with Gasteiger partial charge in [-0.25, -0.2) is 14.8 Å². The van der Waals surface area contributed by atoms with Crippen molar-refractivity contribution >= 4 is 34.3 Å². The number of rotatable bonds is 8. The number of para-hydroxylation sites is 2. The minimum Gasteiger partial charge on any atom is -0.463 e. The number of esters is 1. The van der Waals surface area contributed by atoms with Gasteiger partial charge in [0.05, 0.1) is 35.5 Å². The van der Waals surface area contributed by atoms with Crippen molar-refractivity contribution in [1.29, 1.82) is 0 Å². The summed E-state index contributed by atoms with van der Waals surface area (Å²) in [5.74, 6) is 0.322. The molecule has 8 heteroatoms. The quantitative estimate of drug-likeness (QED) is 0.195. The summed E-state index contributed by atoms with van der Waals surface area (Å²) >= 11 is 0. The summed E-state index contributed by atoms with van der Waals surface area (Å²) in [5.41, 5.74) is 3.86. The molecular weight excluding hydrogens is 506 g/mol. The number of benzene rings is 3. The largest absolute Gasteiger partial charge is 0.463 e. The van der Waals surface area contributed by atoms with Crippen LogP contribution in [0.1, 0.15) is 16.8 Å². The summed E-state index contributed by atoms with van der Waals surface area (Å²) in [6.07, 6.45) is 3.13. The maximum atomic E-state index is 13.2. The Kier molecular flexibility index (Phi) is 6.88. The first-order valence-electron chi connectivity index (χ1n) is 12.7. The van der Waals surface area contributed by atoms with E-state index >= 15 is 0 Å². The average molecular weight is 530 g/mol. The number of hydrogen-bond donors (Lipinski definition) is 0. The summed E-state index contributed by atoms with van der Waals surface area (Å²) in [6, 6.07) is 30.8. The van der Waals surface area contributed by atoms with E-state index in [4.69, 9.17) is 23.5 Å². The molecule has 6 aromatic rings. The van der Waals surface area contributed by atoms with E-state index in [-0.39, 0.29) is 18.9 Å². The van der Waals surface area contributed by atoms with Gasteiger partial charge in [0.25, 0.3) is 0 Å². The molecule has 0 atom stereocenters. The normalized spacial score (nSPS) is 10.9. The van der Waals surface area contributed by atoms with Crippen LogP contribution >= 0.6 is 0 Å². The number of furan rings is 2. The molecule has 8 nitrogen and oxygen atoms in total. The topological polar surface area (TPSA) is 98.7 Å². The van der Waals surface area contributed by atoms with Crippen LogP contribution in [0, 0.1) is 0 Å². The van der Waals surface area contributed by atoms with Crippen LogP contribution in [-0.4, -0.2) is 28.5 Å². The fourth-order valence-corrected chi connectivity index (χ4v) is 4.37. The first kappa shape index (κ1) is 24.8. The number of hydrogen-bond acceptors (Lipinski definition) is 7. The van der Waals surface area contributed by atoms with Crippen molar-refractivity contribution in [1.82, 2.24) is 9.97 Å². The second-order valence-corrected chi connectivity index (χ2v) is 8.87. The second-order valence-electron chi connectivity index (χ2n) is 8.87. The molecule has 0 aliphatic heterocycles. The van der Waals surface area contributed by atoms with Gasteiger partial charge < -0.3 is 13.6 Å². The minimum atomic E-state index is -0.558. The highest BCUT2D eigenvalue weighted by Crippen LogP contribution is 2.32. The fourth-order valence-electron chi connectivity index (χ4n) is 4.37. The molecule has 0 aliphatic rings. The van der Waals surface area contributed by atoms with E-state index in [0.29, 0.717) is 39.5 Å². The Morgan fingerprint density at radius 2 is 1.25 bits per heavy atom. The van der Waals surface area contributed by atoms with Crippen LogP contribution in [0.5, 0.6) is 0 Å². The van der Waals surface area contributed by atoms with E-state index in [0.717, 1.165) is 11.4 Å². The van der Waals surface area contributed by atoms with E-state index in [9.17, 15) is 9.59 Å². The third-order valence-corrected chi connectivity index (χ3v) is 6.24. The Morgan fingerprint density at radius 3 is 1.80 bits per heavy atom. The van der Waals surface area contributed by atoms with E-state index < -0.39 is 5.97 Å². The molecule has 0 N–H and O–H groups in total. The monoisotopic (exact) mass is 529 g/mol. The van der Waals surface area contributed by atoms with Crippen LogP contribution in [0.2, 0.25) is 0 Å². The van der Waals surface area contributed by atoms with Crippen molar-refractivity contribution in [3.63, 3.8) is 0 Å². The van der Waals surface area contributed by atoms with E-state index in [1.807, 2.05) is 60.7 Å². The molecule has 196 valence electrons. The molecular formula is C32H23N3O5. The maximum absolute atomic E-state index is 13.2. The van der Waals surface area contributed by atoms with Crippen molar-refractivity contribution < 1.29 is 23.2 Å². The number of fused-ring (bicyclic) bond motifs is 1. The molecule has 3 aromatic carbocycles. The summed E-state index contributed by atoms with van der Waals surface area (Å²) in [7, 11) is 0. The van der Waals surface area contributed by atoms with Crippen LogP contribution < -0.4 is 4.90 Å². The van der Waals surface area contributed by atoms with Crippen LogP contribution in [0.3, 0.4) is 0 Å². The Labute approximate surface area is 229 Å². The molecule has 0 spiro atoms. The highest BCUT2D eigenvalue weighted by Gasteiger charge is 2.20. The molecule has 0 unspecified atom stereocenters. The van der Waals surface area contributed by atoms with Gasteiger partial charge in [-0.15, -0.1) is 0 Å². The number of aromatic nitrogens is 2. The van der Waals surface area contributed by atoms with Crippen molar-refractivity contribution in [2.45, 2.75) is 6.42 Å². The lowest BCUT2D eigenvalue weighted by Crippen LogP contribution is -2.27. The average Bonchev–Trinajstić information content (AvgIpc) is 3.73. The van der Waals surface area contributed by atoms with Crippen LogP contribution in [0.25, 0.3) is 33.9 Å². The lowest BCUT2D eigenvalue weighted by Gasteiger charge is -2.23. The van der Waals surface area contributed by atoms with Gasteiger partial charge in [-0.1, -0.05) is 36.4 Å². The summed E-state index contributed by atoms with van der Waals surface area (Å²) in [5, 5.41) is 0. The Morgan fingerprint density at radius 1 is 0.675 bits per heavy atom. The lowest BCUT2D eigenvalue weighted by molar-refractivity contribution is -0.118. The van der Waals surface area contributed by atoms with E-state index in [1.165, 1.54) is 0 Å². The molecule has 3 aromatic heterocycles. The van der Waals surface area contributed by atoms with Gasteiger partial charge in [-0.2, -0.15) is 0 Å². The van der Waals surface area contributed by atoms with E-state index in [1.54, 1.807) is 59.9 Å². The molecule has 0 fully saturated rings. The zero-order valence-corrected chi connectivity index (χ0v) is 21.3. The lowest BCUT2D eigenvalue weighted by atomic mass is 10.1. The van der Waals surface area contributed by atoms with Crippen molar-refractivity contribution in [2.75, 3.05) is 11.5 Å². The Hall–Kier alpha value is -5.50. The van der Waals surface area contributed by atoms with E-state index in [2.05, 4.69) is 0 Å².